The van der Waals surface area contributed by atoms with Gasteiger partial charge in [0, 0.05) is 5.02 Å². The molecule has 0 bridgehead atoms. The predicted molar refractivity (Wildman–Crippen MR) is 58.6 cm³/mol. The minimum atomic E-state index is -1.14. The molecule has 6 heteroatoms. The second-order valence-corrected chi connectivity index (χ2v) is 3.18. The Morgan fingerprint density at radius 1 is 1.50 bits per heavy atom. The van der Waals surface area contributed by atoms with Gasteiger partial charge in [-0.2, -0.15) is 0 Å². The molecule has 84 valence electrons. The number of halogens is 1. The maximum atomic E-state index is 10.8. The summed E-state index contributed by atoms with van der Waals surface area (Å²) in [5.74, 6) is -1.81. The molecule has 5 nitrogen and oxygen atoms in total. The fourth-order valence-corrected chi connectivity index (χ4v) is 1.13. The number of hydrogen-bond donors (Lipinski definition) is 1. The number of carboxylic acid groups (broad SMARTS) is 1. The summed E-state index contributed by atoms with van der Waals surface area (Å²) in [7, 11) is 1.20. The van der Waals surface area contributed by atoms with Crippen LogP contribution in [0.25, 0.3) is 0 Å². The maximum absolute atomic E-state index is 10.8. The number of rotatable bonds is 3. The van der Waals surface area contributed by atoms with Crippen LogP contribution in [0, 0.1) is 0 Å². The Morgan fingerprint density at radius 3 is 2.75 bits per heavy atom. The zero-order valence-electron chi connectivity index (χ0n) is 8.31. The van der Waals surface area contributed by atoms with E-state index in [2.05, 4.69) is 9.73 Å². The van der Waals surface area contributed by atoms with Crippen LogP contribution in [0.5, 0.6) is 0 Å². The summed E-state index contributed by atoms with van der Waals surface area (Å²) >= 11 is 5.69. The van der Waals surface area contributed by atoms with E-state index >= 15 is 0 Å². The van der Waals surface area contributed by atoms with Crippen LogP contribution in [0.4, 0.5) is 5.69 Å². The summed E-state index contributed by atoms with van der Waals surface area (Å²) in [5.41, 5.74) is 0.0648. The first kappa shape index (κ1) is 12.2. The second kappa shape index (κ2) is 5.27. The average Bonchev–Trinajstić information content (AvgIpc) is 2.25. The third-order valence-corrected chi connectivity index (χ3v) is 1.94. The molecule has 1 rings (SSSR count). The molecule has 0 radical (unpaired) electrons. The largest absolute Gasteiger partial charge is 0.478 e. The Labute approximate surface area is 96.3 Å². The number of methoxy groups -OCH3 is 1. The van der Waals surface area contributed by atoms with Gasteiger partial charge in [-0.05, 0) is 18.2 Å². The zero-order chi connectivity index (χ0) is 12.1. The lowest BCUT2D eigenvalue weighted by Gasteiger charge is -2.00. The fourth-order valence-electron chi connectivity index (χ4n) is 0.967. The van der Waals surface area contributed by atoms with Gasteiger partial charge in [0.2, 0.25) is 0 Å². The molecule has 0 atom stereocenters. The molecule has 0 aliphatic rings. The molecule has 1 N–H and O–H groups in total. The zero-order valence-corrected chi connectivity index (χ0v) is 9.06. The molecular formula is C10H8ClNO4. The lowest BCUT2D eigenvalue weighted by molar-refractivity contribution is -0.132. The number of benzene rings is 1. The van der Waals surface area contributed by atoms with Crippen molar-refractivity contribution in [1.29, 1.82) is 0 Å². The van der Waals surface area contributed by atoms with E-state index in [1.165, 1.54) is 25.3 Å². The molecule has 16 heavy (non-hydrogen) atoms. The minimum absolute atomic E-state index is 0.0375. The number of aliphatic imine (C=N–C) groups is 1. The van der Waals surface area contributed by atoms with E-state index in [4.69, 9.17) is 16.7 Å². The third-order valence-electron chi connectivity index (χ3n) is 1.70. The van der Waals surface area contributed by atoms with E-state index in [0.717, 1.165) is 6.21 Å². The normalized spacial score (nSPS) is 10.4. The topological polar surface area (TPSA) is 76.0 Å². The summed E-state index contributed by atoms with van der Waals surface area (Å²) in [6.45, 7) is 0. The molecule has 0 saturated heterocycles. The molecule has 1 aromatic rings. The van der Waals surface area contributed by atoms with Gasteiger partial charge >= 0.3 is 11.9 Å². The number of carbonyl (C=O) groups is 2. The van der Waals surface area contributed by atoms with E-state index in [-0.39, 0.29) is 11.3 Å². The highest BCUT2D eigenvalue weighted by Gasteiger charge is 2.09. The SMILES string of the molecule is COC(=O)/C=N\c1cc(Cl)ccc1C(=O)O. The van der Waals surface area contributed by atoms with Gasteiger partial charge in [-0.15, -0.1) is 0 Å². The highest BCUT2D eigenvalue weighted by Crippen LogP contribution is 2.23. The van der Waals surface area contributed by atoms with Crippen LogP contribution in [0.15, 0.2) is 23.2 Å². The van der Waals surface area contributed by atoms with Crippen molar-refractivity contribution in [3.63, 3.8) is 0 Å². The van der Waals surface area contributed by atoms with Crippen molar-refractivity contribution >= 4 is 35.4 Å². The summed E-state index contributed by atoms with van der Waals surface area (Å²) in [4.78, 5) is 25.3. The lowest BCUT2D eigenvalue weighted by Crippen LogP contribution is -2.01. The van der Waals surface area contributed by atoms with Gasteiger partial charge in [0.25, 0.3) is 0 Å². The Morgan fingerprint density at radius 2 is 2.19 bits per heavy atom. The lowest BCUT2D eigenvalue weighted by atomic mass is 10.2. The fraction of sp³-hybridized carbons (Fsp3) is 0.100. The number of aromatic carboxylic acids is 1. The first-order chi connectivity index (χ1) is 7.54. The Balaban J connectivity index is 3.10. The summed E-state index contributed by atoms with van der Waals surface area (Å²) in [6, 6.07) is 4.10. The van der Waals surface area contributed by atoms with Crippen molar-refractivity contribution in [1.82, 2.24) is 0 Å². The Bertz CT molecular complexity index is 456. The molecule has 0 fully saturated rings. The van der Waals surface area contributed by atoms with Gasteiger partial charge in [-0.25, -0.2) is 14.6 Å². The van der Waals surface area contributed by atoms with Gasteiger partial charge in [0.15, 0.2) is 0 Å². The molecule has 0 saturated carbocycles. The van der Waals surface area contributed by atoms with Crippen molar-refractivity contribution in [2.24, 2.45) is 4.99 Å². The van der Waals surface area contributed by atoms with Crippen molar-refractivity contribution in [2.75, 3.05) is 7.11 Å². The van der Waals surface area contributed by atoms with Crippen LogP contribution < -0.4 is 0 Å². The van der Waals surface area contributed by atoms with Crippen molar-refractivity contribution < 1.29 is 19.4 Å². The monoisotopic (exact) mass is 241 g/mol. The number of carboxylic acids is 1. The van der Waals surface area contributed by atoms with Gasteiger partial charge in [-0.3, -0.25) is 0 Å². The molecule has 0 unspecified atom stereocenters. The quantitative estimate of drug-likeness (QED) is 0.648. The van der Waals surface area contributed by atoms with Crippen LogP contribution in [0.2, 0.25) is 5.02 Å². The van der Waals surface area contributed by atoms with Crippen LogP contribution in [0.1, 0.15) is 10.4 Å². The van der Waals surface area contributed by atoms with E-state index in [1.807, 2.05) is 0 Å². The molecule has 0 amide bonds. The first-order valence-electron chi connectivity index (χ1n) is 4.19. The van der Waals surface area contributed by atoms with Crippen LogP contribution in [-0.2, 0) is 9.53 Å². The summed E-state index contributed by atoms with van der Waals surface area (Å²) in [6.07, 6.45) is 0.887. The molecule has 0 aliphatic heterocycles. The number of nitrogens with zero attached hydrogens (tertiary/aromatic N) is 1. The van der Waals surface area contributed by atoms with Crippen LogP contribution >= 0.6 is 11.6 Å². The van der Waals surface area contributed by atoms with Crippen molar-refractivity contribution in [3.05, 3.63) is 28.8 Å². The van der Waals surface area contributed by atoms with E-state index in [1.54, 1.807) is 0 Å². The molecule has 0 heterocycles. The number of esters is 1. The minimum Gasteiger partial charge on any atom is -0.478 e. The van der Waals surface area contributed by atoms with Crippen LogP contribution in [-0.4, -0.2) is 30.4 Å². The second-order valence-electron chi connectivity index (χ2n) is 2.75. The van der Waals surface area contributed by atoms with Gasteiger partial charge < -0.3 is 9.84 Å². The molecule has 0 spiro atoms. The van der Waals surface area contributed by atoms with Crippen molar-refractivity contribution in [3.8, 4) is 0 Å². The molecule has 0 aromatic heterocycles. The highest BCUT2D eigenvalue weighted by molar-refractivity contribution is 6.31. The van der Waals surface area contributed by atoms with Crippen molar-refractivity contribution in [2.45, 2.75) is 0 Å². The standard InChI is InChI=1S/C10H8ClNO4/c1-16-9(13)5-12-8-4-6(11)2-3-7(8)10(14)15/h2-5H,1H3,(H,14,15)/b12-5-. The molecule has 0 aliphatic carbocycles. The van der Waals surface area contributed by atoms with Gasteiger partial charge in [0.1, 0.15) is 6.21 Å². The number of carbonyl (C=O) groups excluding carboxylic acids is 1. The Hall–Kier alpha value is -1.88. The average molecular weight is 242 g/mol. The maximum Gasteiger partial charge on any atom is 0.349 e. The first-order valence-corrected chi connectivity index (χ1v) is 4.57. The third kappa shape index (κ3) is 3.06. The highest BCUT2D eigenvalue weighted by atomic mass is 35.5. The van der Waals surface area contributed by atoms with E-state index < -0.39 is 11.9 Å². The summed E-state index contributed by atoms with van der Waals surface area (Å²) in [5, 5.41) is 9.18. The Kier molecular flexibility index (Phi) is 4.02. The van der Waals surface area contributed by atoms with Gasteiger partial charge in [-0.1, -0.05) is 11.6 Å². The van der Waals surface area contributed by atoms with Gasteiger partial charge in [0.05, 0.1) is 18.4 Å². The smallest absolute Gasteiger partial charge is 0.349 e. The van der Waals surface area contributed by atoms with E-state index in [0.29, 0.717) is 5.02 Å². The molecule has 1 aromatic carbocycles. The van der Waals surface area contributed by atoms with E-state index in [9.17, 15) is 9.59 Å². The molecular weight excluding hydrogens is 234 g/mol. The number of ether oxygens (including phenoxy) is 1. The van der Waals surface area contributed by atoms with Crippen LogP contribution in [0.3, 0.4) is 0 Å². The predicted octanol–water partition coefficient (Wildman–Crippen LogP) is 1.91. The summed E-state index contributed by atoms with van der Waals surface area (Å²) < 4.78 is 4.33. The number of hydrogen-bond acceptors (Lipinski definition) is 4.